The Morgan fingerprint density at radius 2 is 1.53 bits per heavy atom. The Hall–Kier alpha value is -1.61. The molecular weight excluding hydrogens is 263 g/mol. The van der Waals surface area contributed by atoms with Crippen molar-refractivity contribution >= 4 is 12.9 Å². The molecule has 2 aromatic rings. The number of aryl methyl sites for hydroxylation is 2. The molecule has 0 saturated heterocycles. The molecule has 0 bridgehead atoms. The zero-order valence-electron chi connectivity index (χ0n) is 10.7. The smallest absolute Gasteiger partial charge is 0.356 e. The van der Waals surface area contributed by atoms with E-state index in [1.807, 2.05) is 0 Å². The maximum Gasteiger partial charge on any atom is 0.356 e. The molecule has 19 heavy (non-hydrogen) atoms. The van der Waals surface area contributed by atoms with Gasteiger partial charge in [0.2, 0.25) is 0 Å². The number of phenolic OH excluding ortho intramolecular Hbond substituents is 1. The molecule has 5 heteroatoms. The molecule has 0 amide bonds. The molecule has 0 unspecified atom stereocenters. The molecule has 2 aromatic carbocycles. The van der Waals surface area contributed by atoms with E-state index in [2.05, 4.69) is 0 Å². The molecule has 0 aromatic heterocycles. The van der Waals surface area contributed by atoms with Crippen LogP contribution in [0.4, 0.5) is 0 Å². The number of benzene rings is 2. The van der Waals surface area contributed by atoms with Crippen LogP contribution >= 0.6 is 7.60 Å². The Morgan fingerprint density at radius 1 is 0.947 bits per heavy atom. The van der Waals surface area contributed by atoms with E-state index in [1.54, 1.807) is 38.1 Å². The van der Waals surface area contributed by atoms with Crippen LogP contribution < -0.4 is 5.30 Å². The summed E-state index contributed by atoms with van der Waals surface area (Å²) < 4.78 is 11.3. The van der Waals surface area contributed by atoms with E-state index >= 15 is 0 Å². The van der Waals surface area contributed by atoms with E-state index < -0.39 is 7.60 Å². The van der Waals surface area contributed by atoms with Gasteiger partial charge in [0.1, 0.15) is 5.75 Å². The lowest BCUT2D eigenvalue weighted by atomic mass is 10.00. The minimum atomic E-state index is -4.25. The lowest BCUT2D eigenvalue weighted by molar-refractivity contribution is 0.387. The number of hydrogen-bond donors (Lipinski definition) is 3. The van der Waals surface area contributed by atoms with Crippen LogP contribution in [0.5, 0.6) is 5.75 Å². The second-order valence-electron chi connectivity index (χ2n) is 4.55. The lowest BCUT2D eigenvalue weighted by Gasteiger charge is -2.10. The predicted octanol–water partition coefficient (Wildman–Crippen LogP) is 2.48. The highest BCUT2D eigenvalue weighted by Crippen LogP contribution is 2.35. The molecule has 0 heterocycles. The molecule has 0 aliphatic carbocycles. The normalized spacial score (nSPS) is 11.6. The van der Waals surface area contributed by atoms with Crippen molar-refractivity contribution in [2.24, 2.45) is 0 Å². The van der Waals surface area contributed by atoms with Crippen molar-refractivity contribution in [3.63, 3.8) is 0 Å². The van der Waals surface area contributed by atoms with Crippen molar-refractivity contribution in [2.75, 3.05) is 0 Å². The third kappa shape index (κ3) is 2.87. The van der Waals surface area contributed by atoms with Crippen molar-refractivity contribution in [1.29, 1.82) is 0 Å². The molecule has 0 radical (unpaired) electrons. The molecular formula is C14H15O4P. The molecule has 4 nitrogen and oxygen atoms in total. The molecule has 3 N–H and O–H groups in total. The average molecular weight is 278 g/mol. The highest BCUT2D eigenvalue weighted by Gasteiger charge is 2.17. The van der Waals surface area contributed by atoms with Gasteiger partial charge in [0, 0.05) is 0 Å². The summed E-state index contributed by atoms with van der Waals surface area (Å²) in [5.41, 5.74) is 3.00. The largest absolute Gasteiger partial charge is 0.507 e. The third-order valence-corrected chi connectivity index (χ3v) is 3.96. The van der Waals surface area contributed by atoms with Crippen molar-refractivity contribution in [3.05, 3.63) is 47.5 Å². The molecule has 0 fully saturated rings. The van der Waals surface area contributed by atoms with Gasteiger partial charge in [-0.1, -0.05) is 12.1 Å². The predicted molar refractivity (Wildman–Crippen MR) is 74.7 cm³/mol. The van der Waals surface area contributed by atoms with Crippen LogP contribution in [-0.2, 0) is 4.57 Å². The quantitative estimate of drug-likeness (QED) is 0.737. The lowest BCUT2D eigenvalue weighted by Crippen LogP contribution is -2.03. The van der Waals surface area contributed by atoms with Gasteiger partial charge in [0.15, 0.2) is 0 Å². The van der Waals surface area contributed by atoms with Crippen LogP contribution in [0.3, 0.4) is 0 Å². The topological polar surface area (TPSA) is 77.8 Å². The number of aromatic hydroxyl groups is 1. The van der Waals surface area contributed by atoms with Gasteiger partial charge in [-0.2, -0.15) is 0 Å². The highest BCUT2D eigenvalue weighted by atomic mass is 31.2. The first-order valence-corrected chi connectivity index (χ1v) is 7.37. The van der Waals surface area contributed by atoms with E-state index in [0.717, 1.165) is 16.7 Å². The van der Waals surface area contributed by atoms with Crippen molar-refractivity contribution in [1.82, 2.24) is 0 Å². The van der Waals surface area contributed by atoms with E-state index in [-0.39, 0.29) is 11.1 Å². The number of phenols is 1. The first kappa shape index (κ1) is 13.8. The second-order valence-corrected chi connectivity index (χ2v) is 6.16. The standard InChI is InChI=1S/C14H15O4P/c1-9-6-12(7-10(2)14(9)15)11-4-3-5-13(8-11)19(16,17)18/h3-8,15H,1-2H3,(H2,16,17,18). The van der Waals surface area contributed by atoms with Gasteiger partial charge in [0.05, 0.1) is 5.30 Å². The first-order chi connectivity index (χ1) is 8.79. The molecule has 0 aliphatic heterocycles. The van der Waals surface area contributed by atoms with Gasteiger partial charge in [-0.3, -0.25) is 4.57 Å². The summed E-state index contributed by atoms with van der Waals surface area (Å²) in [6, 6.07) is 9.87. The van der Waals surface area contributed by atoms with E-state index in [0.29, 0.717) is 5.56 Å². The number of hydrogen-bond acceptors (Lipinski definition) is 2. The molecule has 0 atom stereocenters. The first-order valence-electron chi connectivity index (χ1n) is 5.76. The van der Waals surface area contributed by atoms with Crippen LogP contribution in [0, 0.1) is 13.8 Å². The van der Waals surface area contributed by atoms with Crippen molar-refractivity contribution < 1.29 is 19.5 Å². The summed E-state index contributed by atoms with van der Waals surface area (Å²) in [6.45, 7) is 3.58. The Balaban J connectivity index is 2.57. The van der Waals surface area contributed by atoms with Gasteiger partial charge in [0.25, 0.3) is 0 Å². The maximum atomic E-state index is 11.3. The summed E-state index contributed by atoms with van der Waals surface area (Å²) in [5.74, 6) is 0.245. The maximum absolute atomic E-state index is 11.3. The van der Waals surface area contributed by atoms with E-state index in [9.17, 15) is 19.5 Å². The van der Waals surface area contributed by atoms with Crippen molar-refractivity contribution in [3.8, 4) is 16.9 Å². The summed E-state index contributed by atoms with van der Waals surface area (Å²) in [5, 5.41) is 9.73. The fourth-order valence-corrected chi connectivity index (χ4v) is 2.58. The molecule has 2 rings (SSSR count). The number of rotatable bonds is 2. The summed E-state index contributed by atoms with van der Waals surface area (Å²) in [4.78, 5) is 18.4. The van der Waals surface area contributed by atoms with Crippen LogP contribution in [0.1, 0.15) is 11.1 Å². The van der Waals surface area contributed by atoms with Gasteiger partial charge in [-0.05, 0) is 60.4 Å². The fourth-order valence-electron chi connectivity index (χ4n) is 1.99. The second kappa shape index (κ2) is 4.82. The average Bonchev–Trinajstić information content (AvgIpc) is 2.34. The summed E-state index contributed by atoms with van der Waals surface area (Å²) in [6.07, 6.45) is 0. The zero-order chi connectivity index (χ0) is 14.2. The Bertz CT molecular complexity index is 650. The van der Waals surface area contributed by atoms with Crippen LogP contribution in [0.25, 0.3) is 11.1 Å². The Labute approximate surface area is 111 Å². The minimum Gasteiger partial charge on any atom is -0.507 e. The molecule has 0 aliphatic rings. The monoisotopic (exact) mass is 278 g/mol. The minimum absolute atomic E-state index is 0.00613. The molecule has 0 saturated carbocycles. The van der Waals surface area contributed by atoms with Gasteiger partial charge < -0.3 is 14.9 Å². The SMILES string of the molecule is Cc1cc(-c2cccc(P(=O)(O)O)c2)cc(C)c1O. The van der Waals surface area contributed by atoms with Crippen LogP contribution in [0.2, 0.25) is 0 Å². The van der Waals surface area contributed by atoms with Gasteiger partial charge in [-0.25, -0.2) is 0 Å². The van der Waals surface area contributed by atoms with Gasteiger partial charge >= 0.3 is 7.60 Å². The van der Waals surface area contributed by atoms with E-state index in [4.69, 9.17) is 0 Å². The summed E-state index contributed by atoms with van der Waals surface area (Å²) >= 11 is 0. The highest BCUT2D eigenvalue weighted by molar-refractivity contribution is 7.60. The Kier molecular flexibility index (Phi) is 3.50. The Morgan fingerprint density at radius 3 is 2.05 bits per heavy atom. The fraction of sp³-hybridized carbons (Fsp3) is 0.143. The van der Waals surface area contributed by atoms with Crippen LogP contribution in [-0.4, -0.2) is 14.9 Å². The van der Waals surface area contributed by atoms with Gasteiger partial charge in [-0.15, -0.1) is 0 Å². The zero-order valence-corrected chi connectivity index (χ0v) is 11.6. The molecule has 100 valence electrons. The van der Waals surface area contributed by atoms with Crippen molar-refractivity contribution in [2.45, 2.75) is 13.8 Å². The summed E-state index contributed by atoms with van der Waals surface area (Å²) in [7, 11) is -4.25. The third-order valence-electron chi connectivity index (χ3n) is 3.01. The molecule has 0 spiro atoms. The van der Waals surface area contributed by atoms with E-state index in [1.165, 1.54) is 12.1 Å². The van der Waals surface area contributed by atoms with Crippen LogP contribution in [0.15, 0.2) is 36.4 Å².